The Hall–Kier alpha value is -2.74. The zero-order valence-corrected chi connectivity index (χ0v) is 15.0. The third-order valence-electron chi connectivity index (χ3n) is 4.27. The van der Waals surface area contributed by atoms with Gasteiger partial charge in [-0.05, 0) is 37.3 Å². The van der Waals surface area contributed by atoms with Crippen LogP contribution in [0.15, 0.2) is 35.7 Å². The number of non-ortho nitro benzene ring substituents is 1. The van der Waals surface area contributed by atoms with Gasteiger partial charge >= 0.3 is 5.97 Å². The van der Waals surface area contributed by atoms with Gasteiger partial charge in [-0.2, -0.15) is 0 Å². The van der Waals surface area contributed by atoms with Crippen LogP contribution in [0.4, 0.5) is 5.69 Å². The van der Waals surface area contributed by atoms with E-state index < -0.39 is 10.9 Å². The monoisotopic (exact) mass is 374 g/mol. The summed E-state index contributed by atoms with van der Waals surface area (Å²) in [6.45, 7) is 2.38. The number of benzene rings is 1. The molecule has 0 bridgehead atoms. The van der Waals surface area contributed by atoms with E-state index in [9.17, 15) is 19.7 Å². The Balaban J connectivity index is 1.95. The Morgan fingerprint density at radius 2 is 2.12 bits per heavy atom. The summed E-state index contributed by atoms with van der Waals surface area (Å²) in [6.07, 6.45) is 1.72. The largest absolute Gasteiger partial charge is 0.462 e. The van der Waals surface area contributed by atoms with Crippen LogP contribution in [0.5, 0.6) is 0 Å². The number of nitro groups is 1. The molecule has 1 saturated heterocycles. The molecule has 26 heavy (non-hydrogen) atoms. The molecule has 0 unspecified atom stereocenters. The lowest BCUT2D eigenvalue weighted by Gasteiger charge is -2.24. The molecule has 0 saturated carbocycles. The summed E-state index contributed by atoms with van der Waals surface area (Å²) in [6, 6.07) is 7.61. The predicted molar refractivity (Wildman–Crippen MR) is 96.4 cm³/mol. The van der Waals surface area contributed by atoms with Gasteiger partial charge in [-0.25, -0.2) is 4.79 Å². The highest BCUT2D eigenvalue weighted by molar-refractivity contribution is 7.10. The van der Waals surface area contributed by atoms with Gasteiger partial charge < -0.3 is 9.64 Å². The molecular weight excluding hydrogens is 356 g/mol. The number of ether oxygens (including phenoxy) is 1. The maximum atomic E-state index is 13.0. The van der Waals surface area contributed by atoms with Gasteiger partial charge in [0.2, 0.25) is 0 Å². The summed E-state index contributed by atoms with van der Waals surface area (Å²) >= 11 is 1.58. The van der Waals surface area contributed by atoms with Crippen molar-refractivity contribution in [1.82, 2.24) is 4.90 Å². The Morgan fingerprint density at radius 3 is 2.77 bits per heavy atom. The van der Waals surface area contributed by atoms with Crippen LogP contribution in [0.25, 0.3) is 0 Å². The molecule has 1 aromatic carbocycles. The second kappa shape index (κ2) is 7.65. The summed E-state index contributed by atoms with van der Waals surface area (Å²) < 4.78 is 4.92. The fraction of sp³-hybridized carbons (Fsp3) is 0.333. The van der Waals surface area contributed by atoms with Crippen molar-refractivity contribution in [2.75, 3.05) is 13.2 Å². The van der Waals surface area contributed by atoms with Crippen LogP contribution < -0.4 is 0 Å². The Labute approximate surface area is 154 Å². The van der Waals surface area contributed by atoms with Gasteiger partial charge in [0.1, 0.15) is 0 Å². The molecule has 0 aliphatic carbocycles. The summed E-state index contributed by atoms with van der Waals surface area (Å²) in [5, 5.41) is 13.2. The number of hydrogen-bond acceptors (Lipinski definition) is 6. The molecule has 1 amide bonds. The highest BCUT2D eigenvalue weighted by atomic mass is 32.1. The number of nitro benzene ring substituents is 1. The SMILES string of the molecule is CCOC(=O)c1cc(C(=O)N2CCC[C@@H]2c2cccs2)cc([N+](=O)[O-])c1. The molecule has 8 heteroatoms. The van der Waals surface area contributed by atoms with Crippen molar-refractivity contribution in [3.8, 4) is 0 Å². The van der Waals surface area contributed by atoms with E-state index in [-0.39, 0.29) is 35.4 Å². The first-order valence-electron chi connectivity index (χ1n) is 8.32. The molecule has 1 fully saturated rings. The Bertz CT molecular complexity index is 834. The van der Waals surface area contributed by atoms with Crippen LogP contribution in [-0.4, -0.2) is 34.9 Å². The number of likely N-dealkylation sites (tertiary alicyclic amines) is 1. The smallest absolute Gasteiger partial charge is 0.338 e. The Morgan fingerprint density at radius 1 is 1.35 bits per heavy atom. The first kappa shape index (κ1) is 18.1. The zero-order chi connectivity index (χ0) is 18.7. The molecular formula is C18H18N2O5S. The highest BCUT2D eigenvalue weighted by Crippen LogP contribution is 2.35. The topological polar surface area (TPSA) is 89.8 Å². The Kier molecular flexibility index (Phi) is 5.32. The third kappa shape index (κ3) is 3.60. The number of amides is 1. The van der Waals surface area contributed by atoms with Crippen molar-refractivity contribution in [3.05, 3.63) is 61.8 Å². The molecule has 2 aromatic rings. The molecule has 2 heterocycles. The quantitative estimate of drug-likeness (QED) is 0.451. The number of carbonyl (C=O) groups excluding carboxylic acids is 2. The lowest BCUT2D eigenvalue weighted by Crippen LogP contribution is -2.30. The van der Waals surface area contributed by atoms with E-state index in [2.05, 4.69) is 0 Å². The normalized spacial score (nSPS) is 16.5. The van der Waals surface area contributed by atoms with Gasteiger partial charge in [-0.3, -0.25) is 14.9 Å². The van der Waals surface area contributed by atoms with Crippen LogP contribution in [0.2, 0.25) is 0 Å². The van der Waals surface area contributed by atoms with Crippen LogP contribution in [0.1, 0.15) is 51.4 Å². The van der Waals surface area contributed by atoms with E-state index in [1.165, 1.54) is 12.1 Å². The maximum absolute atomic E-state index is 13.0. The lowest BCUT2D eigenvalue weighted by atomic mass is 10.1. The predicted octanol–water partition coefficient (Wildman–Crippen LogP) is 3.81. The average molecular weight is 374 g/mol. The number of carbonyl (C=O) groups is 2. The van der Waals surface area contributed by atoms with Gasteiger partial charge in [0.15, 0.2) is 0 Å². The second-order valence-electron chi connectivity index (χ2n) is 5.92. The number of hydrogen-bond donors (Lipinski definition) is 0. The number of rotatable bonds is 5. The number of esters is 1. The minimum absolute atomic E-state index is 0.0104. The summed E-state index contributed by atoms with van der Waals surface area (Å²) in [4.78, 5) is 38.4. The van der Waals surface area contributed by atoms with E-state index in [1.807, 2.05) is 17.5 Å². The van der Waals surface area contributed by atoms with E-state index in [0.29, 0.717) is 6.54 Å². The van der Waals surface area contributed by atoms with Crippen LogP contribution in [0.3, 0.4) is 0 Å². The summed E-state index contributed by atoms with van der Waals surface area (Å²) in [5.41, 5.74) is -0.159. The minimum Gasteiger partial charge on any atom is -0.462 e. The standard InChI is InChI=1S/C18H18N2O5S/c1-2-25-18(22)13-9-12(10-14(11-13)20(23)24)17(21)19-7-3-5-15(19)16-6-4-8-26-16/h4,6,8-11,15H,2-3,5,7H2,1H3/t15-/m1/s1. The van der Waals surface area contributed by atoms with Crippen molar-refractivity contribution in [3.63, 3.8) is 0 Å². The molecule has 1 aliphatic rings. The summed E-state index contributed by atoms with van der Waals surface area (Å²) in [7, 11) is 0. The minimum atomic E-state index is -0.679. The molecule has 1 aliphatic heterocycles. The van der Waals surface area contributed by atoms with Crippen molar-refractivity contribution >= 4 is 28.9 Å². The van der Waals surface area contributed by atoms with Gasteiger partial charge in [0.25, 0.3) is 11.6 Å². The van der Waals surface area contributed by atoms with E-state index in [0.717, 1.165) is 23.8 Å². The van der Waals surface area contributed by atoms with Crippen LogP contribution in [0, 0.1) is 10.1 Å². The molecule has 1 aromatic heterocycles. The van der Waals surface area contributed by atoms with Crippen molar-refractivity contribution < 1.29 is 19.2 Å². The molecule has 1 atom stereocenters. The van der Waals surface area contributed by atoms with E-state index in [1.54, 1.807) is 23.2 Å². The maximum Gasteiger partial charge on any atom is 0.338 e. The van der Waals surface area contributed by atoms with Gasteiger partial charge in [-0.1, -0.05) is 6.07 Å². The number of nitrogens with zero attached hydrogens (tertiary/aromatic N) is 2. The molecule has 0 radical (unpaired) electrons. The lowest BCUT2D eigenvalue weighted by molar-refractivity contribution is -0.384. The second-order valence-corrected chi connectivity index (χ2v) is 6.90. The first-order chi connectivity index (χ1) is 12.5. The highest BCUT2D eigenvalue weighted by Gasteiger charge is 2.32. The fourth-order valence-corrected chi connectivity index (χ4v) is 4.00. The third-order valence-corrected chi connectivity index (χ3v) is 5.25. The molecule has 0 spiro atoms. The number of thiophene rings is 1. The summed E-state index contributed by atoms with van der Waals surface area (Å²) in [5.74, 6) is -0.989. The average Bonchev–Trinajstić information content (AvgIpc) is 3.31. The van der Waals surface area contributed by atoms with Gasteiger partial charge in [0, 0.05) is 29.1 Å². The molecule has 7 nitrogen and oxygen atoms in total. The molecule has 136 valence electrons. The molecule has 3 rings (SSSR count). The van der Waals surface area contributed by atoms with Gasteiger partial charge in [0.05, 0.1) is 23.1 Å². The van der Waals surface area contributed by atoms with Crippen LogP contribution in [-0.2, 0) is 4.74 Å². The van der Waals surface area contributed by atoms with Crippen LogP contribution >= 0.6 is 11.3 Å². The zero-order valence-electron chi connectivity index (χ0n) is 14.2. The van der Waals surface area contributed by atoms with Crippen molar-refractivity contribution in [2.45, 2.75) is 25.8 Å². The van der Waals surface area contributed by atoms with Crippen molar-refractivity contribution in [2.24, 2.45) is 0 Å². The molecule has 0 N–H and O–H groups in total. The fourth-order valence-electron chi connectivity index (χ4n) is 3.12. The first-order valence-corrected chi connectivity index (χ1v) is 9.20. The van der Waals surface area contributed by atoms with E-state index in [4.69, 9.17) is 4.74 Å². The van der Waals surface area contributed by atoms with Gasteiger partial charge in [-0.15, -0.1) is 11.3 Å². The van der Waals surface area contributed by atoms with Crippen molar-refractivity contribution in [1.29, 1.82) is 0 Å². The van der Waals surface area contributed by atoms with E-state index >= 15 is 0 Å².